The second-order valence-electron chi connectivity index (χ2n) is 4.91. The third kappa shape index (κ3) is 2.22. The highest BCUT2D eigenvalue weighted by Gasteiger charge is 2.12. The molecular weight excluding hydrogens is 218 g/mol. The van der Waals surface area contributed by atoms with Gasteiger partial charge in [-0.25, -0.2) is 0 Å². The van der Waals surface area contributed by atoms with Gasteiger partial charge < -0.3 is 0 Å². The highest BCUT2D eigenvalue weighted by molar-refractivity contribution is 5.83. The predicted molar refractivity (Wildman–Crippen MR) is 77.1 cm³/mol. The molecule has 1 aliphatic rings. The Morgan fingerprint density at radius 1 is 0.833 bits per heavy atom. The first kappa shape index (κ1) is 11.2. The highest BCUT2D eigenvalue weighted by atomic mass is 15.1. The molecule has 2 aromatic carbocycles. The number of fused-ring (bicyclic) bond motifs is 1. The van der Waals surface area contributed by atoms with Gasteiger partial charge in [0, 0.05) is 13.1 Å². The van der Waals surface area contributed by atoms with Crippen molar-refractivity contribution in [2.45, 2.75) is 6.54 Å². The van der Waals surface area contributed by atoms with Crippen molar-refractivity contribution in [3.63, 3.8) is 0 Å². The second kappa shape index (κ2) is 4.79. The lowest BCUT2D eigenvalue weighted by Crippen LogP contribution is -2.18. The average molecular weight is 235 g/mol. The van der Waals surface area contributed by atoms with Crippen molar-refractivity contribution in [3.05, 3.63) is 71.3 Å². The minimum Gasteiger partial charge on any atom is -0.298 e. The summed E-state index contributed by atoms with van der Waals surface area (Å²) in [7, 11) is 2.18. The first-order chi connectivity index (χ1) is 8.83. The van der Waals surface area contributed by atoms with Gasteiger partial charge in [0.05, 0.1) is 0 Å². The fourth-order valence-electron chi connectivity index (χ4n) is 2.52. The van der Waals surface area contributed by atoms with Crippen LogP contribution >= 0.6 is 0 Å². The van der Waals surface area contributed by atoms with Crippen LogP contribution in [0, 0.1) is 0 Å². The molecule has 18 heavy (non-hydrogen) atoms. The molecule has 0 radical (unpaired) electrons. The fraction of sp³-hybridized carbons (Fsp3) is 0.176. The van der Waals surface area contributed by atoms with Crippen LogP contribution in [0.2, 0.25) is 0 Å². The van der Waals surface area contributed by atoms with Crippen molar-refractivity contribution >= 4 is 11.6 Å². The molecule has 0 saturated heterocycles. The van der Waals surface area contributed by atoms with E-state index in [0.717, 1.165) is 13.1 Å². The van der Waals surface area contributed by atoms with Crippen molar-refractivity contribution < 1.29 is 0 Å². The van der Waals surface area contributed by atoms with E-state index in [1.165, 1.54) is 22.3 Å². The fourth-order valence-corrected chi connectivity index (χ4v) is 2.52. The van der Waals surface area contributed by atoms with Crippen LogP contribution in [0.15, 0.2) is 54.6 Å². The molecule has 0 fully saturated rings. The Hall–Kier alpha value is -1.86. The van der Waals surface area contributed by atoms with Gasteiger partial charge in [-0.15, -0.1) is 0 Å². The van der Waals surface area contributed by atoms with Gasteiger partial charge >= 0.3 is 0 Å². The lowest BCUT2D eigenvalue weighted by atomic mass is 10.0. The van der Waals surface area contributed by atoms with E-state index >= 15 is 0 Å². The SMILES string of the molecule is CN1CC(c2ccccc2)=Cc2ccccc2C1. The lowest BCUT2D eigenvalue weighted by Gasteiger charge is -2.16. The number of hydrogen-bond donors (Lipinski definition) is 0. The summed E-state index contributed by atoms with van der Waals surface area (Å²) in [6.07, 6.45) is 2.33. The van der Waals surface area contributed by atoms with Crippen LogP contribution in [0.25, 0.3) is 11.6 Å². The van der Waals surface area contributed by atoms with Crippen LogP contribution < -0.4 is 0 Å². The molecule has 1 heteroatoms. The van der Waals surface area contributed by atoms with E-state index in [0.29, 0.717) is 0 Å². The van der Waals surface area contributed by atoms with Gasteiger partial charge in [0.25, 0.3) is 0 Å². The molecule has 0 aromatic heterocycles. The molecule has 1 heterocycles. The maximum Gasteiger partial charge on any atom is 0.0240 e. The first-order valence-corrected chi connectivity index (χ1v) is 6.35. The van der Waals surface area contributed by atoms with Crippen molar-refractivity contribution in [1.29, 1.82) is 0 Å². The van der Waals surface area contributed by atoms with Gasteiger partial charge in [0.15, 0.2) is 0 Å². The molecule has 0 N–H and O–H groups in total. The molecule has 2 aromatic rings. The summed E-state index contributed by atoms with van der Waals surface area (Å²) >= 11 is 0. The highest BCUT2D eigenvalue weighted by Crippen LogP contribution is 2.25. The van der Waals surface area contributed by atoms with E-state index in [1.54, 1.807) is 0 Å². The van der Waals surface area contributed by atoms with Gasteiger partial charge in [-0.05, 0) is 35.4 Å². The summed E-state index contributed by atoms with van der Waals surface area (Å²) in [4.78, 5) is 2.37. The Morgan fingerprint density at radius 3 is 2.39 bits per heavy atom. The largest absolute Gasteiger partial charge is 0.298 e. The zero-order valence-electron chi connectivity index (χ0n) is 10.6. The van der Waals surface area contributed by atoms with Crippen LogP contribution in [0.3, 0.4) is 0 Å². The summed E-state index contributed by atoms with van der Waals surface area (Å²) in [6, 6.07) is 19.3. The van der Waals surface area contributed by atoms with Crippen molar-refractivity contribution in [2.24, 2.45) is 0 Å². The standard InChI is InChI=1S/C17H17N/c1-18-12-16-10-6-5-9-15(16)11-17(13-18)14-7-3-2-4-8-14/h2-11H,12-13H2,1H3. The van der Waals surface area contributed by atoms with Crippen LogP contribution in [0.5, 0.6) is 0 Å². The molecule has 3 rings (SSSR count). The predicted octanol–water partition coefficient (Wildman–Crippen LogP) is 3.67. The normalized spacial score (nSPS) is 15.7. The van der Waals surface area contributed by atoms with Crippen LogP contribution in [0.4, 0.5) is 0 Å². The molecule has 1 aliphatic heterocycles. The monoisotopic (exact) mass is 235 g/mol. The Labute approximate surface area is 108 Å². The average Bonchev–Trinajstić information content (AvgIpc) is 2.57. The molecular formula is C17H17N. The van der Waals surface area contributed by atoms with Gasteiger partial charge in [0.2, 0.25) is 0 Å². The number of likely N-dealkylation sites (N-methyl/N-ethyl adjacent to an activating group) is 1. The molecule has 0 bridgehead atoms. The van der Waals surface area contributed by atoms with Gasteiger partial charge in [-0.1, -0.05) is 54.6 Å². The summed E-state index contributed by atoms with van der Waals surface area (Å²) in [5.74, 6) is 0. The van der Waals surface area contributed by atoms with Crippen molar-refractivity contribution in [3.8, 4) is 0 Å². The zero-order valence-corrected chi connectivity index (χ0v) is 10.6. The topological polar surface area (TPSA) is 3.24 Å². The Bertz CT molecular complexity index is 569. The molecule has 0 amide bonds. The van der Waals surface area contributed by atoms with E-state index in [9.17, 15) is 0 Å². The van der Waals surface area contributed by atoms with Crippen molar-refractivity contribution in [1.82, 2.24) is 4.90 Å². The van der Waals surface area contributed by atoms with E-state index < -0.39 is 0 Å². The zero-order chi connectivity index (χ0) is 12.4. The van der Waals surface area contributed by atoms with Crippen LogP contribution in [0.1, 0.15) is 16.7 Å². The van der Waals surface area contributed by atoms with E-state index in [2.05, 4.69) is 72.6 Å². The molecule has 0 spiro atoms. The maximum absolute atomic E-state index is 2.37. The molecule has 0 unspecified atom stereocenters. The van der Waals surface area contributed by atoms with E-state index in [4.69, 9.17) is 0 Å². The number of hydrogen-bond acceptors (Lipinski definition) is 1. The summed E-state index contributed by atoms with van der Waals surface area (Å²) in [5, 5.41) is 0. The third-order valence-electron chi connectivity index (χ3n) is 3.41. The number of benzene rings is 2. The summed E-state index contributed by atoms with van der Waals surface area (Å²) in [6.45, 7) is 2.02. The van der Waals surface area contributed by atoms with E-state index in [-0.39, 0.29) is 0 Å². The minimum absolute atomic E-state index is 0.999. The minimum atomic E-state index is 0.999. The van der Waals surface area contributed by atoms with Crippen molar-refractivity contribution in [2.75, 3.05) is 13.6 Å². The summed E-state index contributed by atoms with van der Waals surface area (Å²) < 4.78 is 0. The molecule has 0 atom stereocenters. The molecule has 0 aliphatic carbocycles. The number of nitrogens with zero attached hydrogens (tertiary/aromatic N) is 1. The smallest absolute Gasteiger partial charge is 0.0240 e. The quantitative estimate of drug-likeness (QED) is 0.729. The van der Waals surface area contributed by atoms with Gasteiger partial charge in [-0.3, -0.25) is 4.90 Å². The lowest BCUT2D eigenvalue weighted by molar-refractivity contribution is 0.371. The van der Waals surface area contributed by atoms with Gasteiger partial charge in [0.1, 0.15) is 0 Å². The van der Waals surface area contributed by atoms with E-state index in [1.807, 2.05) is 0 Å². The first-order valence-electron chi connectivity index (χ1n) is 6.35. The molecule has 1 nitrogen and oxygen atoms in total. The molecule has 90 valence electrons. The second-order valence-corrected chi connectivity index (χ2v) is 4.91. The molecule has 0 saturated carbocycles. The Balaban J connectivity index is 2.08. The summed E-state index contributed by atoms with van der Waals surface area (Å²) in [5.41, 5.74) is 5.47. The van der Waals surface area contributed by atoms with Crippen LogP contribution in [-0.2, 0) is 6.54 Å². The van der Waals surface area contributed by atoms with Gasteiger partial charge in [-0.2, -0.15) is 0 Å². The Morgan fingerprint density at radius 2 is 1.56 bits per heavy atom. The Kier molecular flexibility index (Phi) is 2.99. The third-order valence-corrected chi connectivity index (χ3v) is 3.41. The maximum atomic E-state index is 2.37. The number of rotatable bonds is 1. The van der Waals surface area contributed by atoms with Crippen LogP contribution in [-0.4, -0.2) is 18.5 Å².